The first-order valence-electron chi connectivity index (χ1n) is 9.72. The van der Waals surface area contributed by atoms with Crippen LogP contribution in [0, 0.1) is 11.3 Å². The minimum atomic E-state index is -0.870. The van der Waals surface area contributed by atoms with Gasteiger partial charge in [-0.2, -0.15) is 0 Å². The molecule has 1 saturated heterocycles. The van der Waals surface area contributed by atoms with Crippen LogP contribution in [0.4, 0.5) is 0 Å². The highest BCUT2D eigenvalue weighted by Crippen LogP contribution is 2.49. The lowest BCUT2D eigenvalue weighted by molar-refractivity contribution is -0.132. The maximum Gasteiger partial charge on any atom is 0.259 e. The molecule has 28 heavy (non-hydrogen) atoms. The minimum absolute atomic E-state index is 0.0545. The zero-order valence-electron chi connectivity index (χ0n) is 15.6. The maximum absolute atomic E-state index is 13.5. The summed E-state index contributed by atoms with van der Waals surface area (Å²) < 4.78 is 0. The molecule has 3 N–H and O–H groups in total. The second kappa shape index (κ2) is 7.57. The summed E-state index contributed by atoms with van der Waals surface area (Å²) in [7, 11) is 0. The lowest BCUT2D eigenvalue weighted by Gasteiger charge is -2.28. The average Bonchev–Trinajstić information content (AvgIpc) is 3.51. The summed E-state index contributed by atoms with van der Waals surface area (Å²) in [6.45, 7) is 0.548. The number of carbonyl (C=O) groups excluding carboxylic acids is 1. The predicted molar refractivity (Wildman–Crippen MR) is 110 cm³/mol. The Balaban J connectivity index is 1.70. The molecule has 5 nitrogen and oxygen atoms in total. The Morgan fingerprint density at radius 1 is 1.14 bits per heavy atom. The first kappa shape index (κ1) is 19.0. The molecule has 0 spiro atoms. The van der Waals surface area contributed by atoms with E-state index in [9.17, 15) is 4.79 Å². The topological polar surface area (TPSA) is 76.4 Å². The highest BCUT2D eigenvalue weighted by Gasteiger charge is 2.58. The smallest absolute Gasteiger partial charge is 0.259 e. The van der Waals surface area contributed by atoms with Gasteiger partial charge in [-0.15, -0.1) is 0 Å². The fourth-order valence-corrected chi connectivity index (χ4v) is 4.24. The highest BCUT2D eigenvalue weighted by atomic mass is 35.5. The number of amides is 1. The summed E-state index contributed by atoms with van der Waals surface area (Å²) in [6, 6.07) is 15.7. The molecule has 6 heteroatoms. The Kier molecular flexibility index (Phi) is 5.13. The SMILES string of the molecule is N=C1NC(c2cccc(-c3cccc(Cl)c3)c2)(C2CC2)C(=O)N1CCCCO. The Morgan fingerprint density at radius 2 is 1.86 bits per heavy atom. The number of aliphatic hydroxyl groups excluding tert-OH is 1. The van der Waals surface area contributed by atoms with Crippen LogP contribution in [-0.2, 0) is 10.3 Å². The van der Waals surface area contributed by atoms with E-state index in [1.165, 1.54) is 4.90 Å². The summed E-state index contributed by atoms with van der Waals surface area (Å²) in [4.78, 5) is 15.0. The Hall–Kier alpha value is -2.37. The van der Waals surface area contributed by atoms with Gasteiger partial charge in [-0.05, 0) is 66.5 Å². The number of unbranched alkanes of at least 4 members (excludes halogenated alkanes) is 1. The van der Waals surface area contributed by atoms with Crippen LogP contribution >= 0.6 is 11.6 Å². The van der Waals surface area contributed by atoms with Crippen molar-refractivity contribution in [1.29, 1.82) is 5.41 Å². The minimum Gasteiger partial charge on any atom is -0.396 e. The third kappa shape index (κ3) is 3.29. The van der Waals surface area contributed by atoms with Crippen molar-refractivity contribution in [3.63, 3.8) is 0 Å². The normalized spacial score (nSPS) is 21.9. The summed E-state index contributed by atoms with van der Waals surface area (Å²) >= 11 is 6.15. The van der Waals surface area contributed by atoms with Crippen LogP contribution in [0.25, 0.3) is 11.1 Å². The Bertz CT molecular complexity index is 912. The van der Waals surface area contributed by atoms with Gasteiger partial charge in [0, 0.05) is 18.2 Å². The largest absolute Gasteiger partial charge is 0.396 e. The molecule has 1 heterocycles. The van der Waals surface area contributed by atoms with Gasteiger partial charge in [-0.3, -0.25) is 15.1 Å². The van der Waals surface area contributed by atoms with E-state index >= 15 is 0 Å². The second-order valence-electron chi connectivity index (χ2n) is 7.53. The van der Waals surface area contributed by atoms with Crippen molar-refractivity contribution in [2.45, 2.75) is 31.2 Å². The third-order valence-electron chi connectivity index (χ3n) is 5.62. The number of nitrogens with zero attached hydrogens (tertiary/aromatic N) is 1. The first-order chi connectivity index (χ1) is 13.6. The zero-order valence-corrected chi connectivity index (χ0v) is 16.4. The summed E-state index contributed by atoms with van der Waals surface area (Å²) in [5, 5.41) is 21.3. The van der Waals surface area contributed by atoms with E-state index in [0.29, 0.717) is 24.4 Å². The van der Waals surface area contributed by atoms with Crippen LogP contribution in [-0.4, -0.2) is 35.0 Å². The van der Waals surface area contributed by atoms with Gasteiger partial charge in [-0.1, -0.05) is 41.9 Å². The van der Waals surface area contributed by atoms with E-state index in [2.05, 4.69) is 5.32 Å². The van der Waals surface area contributed by atoms with Crippen LogP contribution in [0.5, 0.6) is 0 Å². The number of nitrogens with one attached hydrogen (secondary N) is 2. The number of hydrogen-bond donors (Lipinski definition) is 3. The molecule has 1 saturated carbocycles. The quantitative estimate of drug-likeness (QED) is 0.623. The van der Waals surface area contributed by atoms with Crippen molar-refractivity contribution in [3.8, 4) is 11.1 Å². The Labute approximate surface area is 169 Å². The van der Waals surface area contributed by atoms with E-state index < -0.39 is 5.54 Å². The van der Waals surface area contributed by atoms with Crippen molar-refractivity contribution >= 4 is 23.5 Å². The molecule has 1 amide bonds. The van der Waals surface area contributed by atoms with Gasteiger partial charge < -0.3 is 10.4 Å². The van der Waals surface area contributed by atoms with Crippen molar-refractivity contribution in [1.82, 2.24) is 10.2 Å². The molecule has 0 radical (unpaired) electrons. The molecule has 2 fully saturated rings. The van der Waals surface area contributed by atoms with Crippen LogP contribution in [0.3, 0.4) is 0 Å². The highest BCUT2D eigenvalue weighted by molar-refractivity contribution is 6.30. The second-order valence-corrected chi connectivity index (χ2v) is 7.97. The maximum atomic E-state index is 13.5. The summed E-state index contributed by atoms with van der Waals surface area (Å²) in [5.41, 5.74) is 2.03. The van der Waals surface area contributed by atoms with Gasteiger partial charge in [0.15, 0.2) is 5.96 Å². The van der Waals surface area contributed by atoms with Crippen LogP contribution in [0.15, 0.2) is 48.5 Å². The van der Waals surface area contributed by atoms with Gasteiger partial charge >= 0.3 is 0 Å². The zero-order chi connectivity index (χ0) is 19.7. The summed E-state index contributed by atoms with van der Waals surface area (Å²) in [5.74, 6) is 0.294. The van der Waals surface area contributed by atoms with Gasteiger partial charge in [0.05, 0.1) is 0 Å². The van der Waals surface area contributed by atoms with Crippen molar-refractivity contribution in [3.05, 3.63) is 59.1 Å². The number of hydrogen-bond acceptors (Lipinski definition) is 3. The van der Waals surface area contributed by atoms with Crippen molar-refractivity contribution < 1.29 is 9.90 Å². The molecular weight excluding hydrogens is 374 g/mol. The first-order valence-corrected chi connectivity index (χ1v) is 10.1. The third-order valence-corrected chi connectivity index (χ3v) is 5.86. The molecule has 2 aromatic carbocycles. The van der Waals surface area contributed by atoms with E-state index in [1.807, 2.05) is 48.5 Å². The molecule has 0 aromatic heterocycles. The fourth-order valence-electron chi connectivity index (χ4n) is 4.05. The van der Waals surface area contributed by atoms with Gasteiger partial charge in [-0.25, -0.2) is 0 Å². The fraction of sp³-hybridized carbons (Fsp3) is 0.364. The van der Waals surface area contributed by atoms with Crippen molar-refractivity contribution in [2.24, 2.45) is 5.92 Å². The molecule has 1 unspecified atom stereocenters. The predicted octanol–water partition coefficient (Wildman–Crippen LogP) is 3.75. The number of guanidine groups is 1. The molecular formula is C22H24ClN3O2. The number of halogens is 1. The molecule has 4 rings (SSSR count). The van der Waals surface area contributed by atoms with E-state index in [1.54, 1.807) is 0 Å². The Morgan fingerprint density at radius 3 is 2.54 bits per heavy atom. The summed E-state index contributed by atoms with van der Waals surface area (Å²) in [6.07, 6.45) is 3.24. The molecule has 2 aromatic rings. The van der Waals surface area contributed by atoms with Gasteiger partial charge in [0.1, 0.15) is 5.54 Å². The van der Waals surface area contributed by atoms with Crippen LogP contribution in [0.2, 0.25) is 5.02 Å². The van der Waals surface area contributed by atoms with E-state index in [-0.39, 0.29) is 24.4 Å². The molecule has 1 aliphatic heterocycles. The van der Waals surface area contributed by atoms with E-state index in [4.69, 9.17) is 22.1 Å². The molecule has 0 bridgehead atoms. The number of rotatable bonds is 7. The van der Waals surface area contributed by atoms with Crippen LogP contribution in [0.1, 0.15) is 31.2 Å². The standard InChI is InChI=1S/C22H24ClN3O2/c23-19-8-4-6-16(14-19)15-5-3-7-18(13-15)22(17-9-10-17)20(28)26(21(24)25-22)11-1-2-12-27/h3-8,13-14,17,27H,1-2,9-12H2,(H2,24,25). The number of aliphatic hydroxyl groups is 1. The van der Waals surface area contributed by atoms with Gasteiger partial charge in [0.25, 0.3) is 5.91 Å². The van der Waals surface area contributed by atoms with E-state index in [0.717, 1.165) is 29.5 Å². The van der Waals surface area contributed by atoms with Crippen molar-refractivity contribution in [2.75, 3.05) is 13.2 Å². The molecule has 1 atom stereocenters. The van der Waals surface area contributed by atoms with Crippen LogP contribution < -0.4 is 5.32 Å². The lowest BCUT2D eigenvalue weighted by atomic mass is 9.83. The monoisotopic (exact) mass is 397 g/mol. The van der Waals surface area contributed by atoms with Gasteiger partial charge in [0.2, 0.25) is 0 Å². The lowest BCUT2D eigenvalue weighted by Crippen LogP contribution is -2.46. The number of carbonyl (C=O) groups is 1. The molecule has 1 aliphatic carbocycles. The number of benzene rings is 2. The molecule has 146 valence electrons. The molecule has 2 aliphatic rings. The average molecular weight is 398 g/mol.